The average molecular weight is 393 g/mol. The molecule has 2 aliphatic rings. The fourth-order valence-corrected chi connectivity index (χ4v) is 4.58. The molecule has 3 aromatic heterocycles. The molecule has 5 rings (SSSR count). The van der Waals surface area contributed by atoms with Gasteiger partial charge in [-0.2, -0.15) is 19.7 Å². The van der Waals surface area contributed by atoms with Crippen LogP contribution in [0.2, 0.25) is 0 Å². The third kappa shape index (κ3) is 3.41. The Labute approximate surface area is 169 Å². The standard InChI is InChI=1S/C21H27N7O/c1-13(2)18-11-19(28-21(25-18)22-12-23-28)24-15-6-8-16(9-7-15)27-20(29)10-14-4-3-5-17(14)26-27/h10-13,15-16,24H,3-9H2,1-2H3. The molecule has 2 aliphatic carbocycles. The van der Waals surface area contributed by atoms with Crippen molar-refractivity contribution in [2.75, 3.05) is 5.32 Å². The molecule has 1 N–H and O–H groups in total. The number of rotatable bonds is 4. The van der Waals surface area contributed by atoms with Crippen LogP contribution in [-0.2, 0) is 12.8 Å². The van der Waals surface area contributed by atoms with Gasteiger partial charge in [-0.25, -0.2) is 9.67 Å². The van der Waals surface area contributed by atoms with Crippen molar-refractivity contribution in [3.8, 4) is 0 Å². The first-order chi connectivity index (χ1) is 14.1. The number of hydrogen-bond donors (Lipinski definition) is 1. The molecular weight excluding hydrogens is 366 g/mol. The molecule has 0 spiro atoms. The highest BCUT2D eigenvalue weighted by Gasteiger charge is 2.26. The minimum Gasteiger partial charge on any atom is -0.367 e. The molecule has 0 bridgehead atoms. The lowest BCUT2D eigenvalue weighted by molar-refractivity contribution is 0.301. The first kappa shape index (κ1) is 18.3. The van der Waals surface area contributed by atoms with Gasteiger partial charge in [0, 0.05) is 18.2 Å². The van der Waals surface area contributed by atoms with E-state index >= 15 is 0 Å². The summed E-state index contributed by atoms with van der Waals surface area (Å²) in [6.07, 6.45) is 8.54. The van der Waals surface area contributed by atoms with Crippen LogP contribution in [0.5, 0.6) is 0 Å². The van der Waals surface area contributed by atoms with Crippen molar-refractivity contribution in [1.82, 2.24) is 29.4 Å². The van der Waals surface area contributed by atoms with Crippen LogP contribution in [-0.4, -0.2) is 35.4 Å². The van der Waals surface area contributed by atoms with E-state index in [0.29, 0.717) is 17.7 Å². The summed E-state index contributed by atoms with van der Waals surface area (Å²) >= 11 is 0. The van der Waals surface area contributed by atoms with Gasteiger partial charge in [0.25, 0.3) is 11.3 Å². The zero-order valence-corrected chi connectivity index (χ0v) is 17.0. The normalized spacial score (nSPS) is 21.6. The third-order valence-corrected chi connectivity index (χ3v) is 6.24. The fourth-order valence-electron chi connectivity index (χ4n) is 4.58. The highest BCUT2D eigenvalue weighted by molar-refractivity contribution is 5.46. The van der Waals surface area contributed by atoms with Crippen molar-refractivity contribution < 1.29 is 0 Å². The summed E-state index contributed by atoms with van der Waals surface area (Å²) in [7, 11) is 0. The lowest BCUT2D eigenvalue weighted by Crippen LogP contribution is -2.34. The molecule has 0 atom stereocenters. The van der Waals surface area contributed by atoms with Crippen LogP contribution in [0.15, 0.2) is 23.3 Å². The summed E-state index contributed by atoms with van der Waals surface area (Å²) in [5.41, 5.74) is 3.34. The molecule has 8 heteroatoms. The fraction of sp³-hybridized carbons (Fsp3) is 0.571. The van der Waals surface area contributed by atoms with Gasteiger partial charge in [0.05, 0.1) is 17.4 Å². The number of anilines is 1. The molecule has 0 saturated heterocycles. The van der Waals surface area contributed by atoms with Crippen molar-refractivity contribution in [2.24, 2.45) is 0 Å². The van der Waals surface area contributed by atoms with Crippen molar-refractivity contribution in [3.05, 3.63) is 45.8 Å². The summed E-state index contributed by atoms with van der Waals surface area (Å²) in [4.78, 5) is 21.4. The molecular formula is C21H27N7O. The highest BCUT2D eigenvalue weighted by atomic mass is 16.1. The van der Waals surface area contributed by atoms with Crippen LogP contribution < -0.4 is 10.9 Å². The zero-order chi connectivity index (χ0) is 20.0. The number of aromatic nitrogens is 6. The Morgan fingerprint density at radius 1 is 1.14 bits per heavy atom. The highest BCUT2D eigenvalue weighted by Crippen LogP contribution is 2.30. The quantitative estimate of drug-likeness (QED) is 0.733. The van der Waals surface area contributed by atoms with Gasteiger partial charge < -0.3 is 5.32 Å². The monoisotopic (exact) mass is 393 g/mol. The van der Waals surface area contributed by atoms with E-state index in [-0.39, 0.29) is 11.6 Å². The molecule has 0 aromatic carbocycles. The Morgan fingerprint density at radius 2 is 1.97 bits per heavy atom. The van der Waals surface area contributed by atoms with Crippen molar-refractivity contribution >= 4 is 11.6 Å². The average Bonchev–Trinajstić information content (AvgIpc) is 3.36. The van der Waals surface area contributed by atoms with Crippen molar-refractivity contribution in [2.45, 2.75) is 76.8 Å². The van der Waals surface area contributed by atoms with Gasteiger partial charge in [0.2, 0.25) is 0 Å². The number of hydrogen-bond acceptors (Lipinski definition) is 6. The van der Waals surface area contributed by atoms with E-state index in [4.69, 9.17) is 5.10 Å². The van der Waals surface area contributed by atoms with E-state index in [1.54, 1.807) is 15.5 Å². The van der Waals surface area contributed by atoms with Crippen LogP contribution in [0.25, 0.3) is 5.78 Å². The molecule has 1 fully saturated rings. The van der Waals surface area contributed by atoms with Crippen molar-refractivity contribution in [3.63, 3.8) is 0 Å². The summed E-state index contributed by atoms with van der Waals surface area (Å²) in [6.45, 7) is 4.26. The molecule has 29 heavy (non-hydrogen) atoms. The number of fused-ring (bicyclic) bond motifs is 2. The molecule has 0 radical (unpaired) electrons. The Kier molecular flexibility index (Phi) is 4.56. The van der Waals surface area contributed by atoms with Crippen molar-refractivity contribution in [1.29, 1.82) is 0 Å². The third-order valence-electron chi connectivity index (χ3n) is 6.24. The Balaban J connectivity index is 1.31. The maximum atomic E-state index is 12.5. The Morgan fingerprint density at radius 3 is 2.76 bits per heavy atom. The van der Waals surface area contributed by atoms with E-state index < -0.39 is 0 Å². The van der Waals surface area contributed by atoms with Gasteiger partial charge in [-0.15, -0.1) is 0 Å². The molecule has 0 unspecified atom stereocenters. The lowest BCUT2D eigenvalue weighted by Gasteiger charge is -2.30. The molecule has 1 saturated carbocycles. The van der Waals surface area contributed by atoms with Gasteiger partial charge in [0.15, 0.2) is 0 Å². The maximum absolute atomic E-state index is 12.5. The second-order valence-corrected chi connectivity index (χ2v) is 8.60. The Hall–Kier alpha value is -2.77. The molecule has 8 nitrogen and oxygen atoms in total. The van der Waals surface area contributed by atoms with Gasteiger partial charge >= 0.3 is 0 Å². The minimum atomic E-state index is 0.0575. The van der Waals surface area contributed by atoms with Crippen LogP contribution in [0.4, 0.5) is 5.82 Å². The largest absolute Gasteiger partial charge is 0.367 e. The number of nitrogens with one attached hydrogen (secondary N) is 1. The predicted octanol–water partition coefficient (Wildman–Crippen LogP) is 2.89. The molecule has 3 heterocycles. The summed E-state index contributed by atoms with van der Waals surface area (Å²) < 4.78 is 3.52. The van der Waals surface area contributed by atoms with Crippen LogP contribution in [0, 0.1) is 0 Å². The van der Waals surface area contributed by atoms with E-state index in [1.807, 2.05) is 6.07 Å². The first-order valence-corrected chi connectivity index (χ1v) is 10.7. The molecule has 3 aromatic rings. The maximum Gasteiger partial charge on any atom is 0.267 e. The van der Waals surface area contributed by atoms with Gasteiger partial charge in [0.1, 0.15) is 12.1 Å². The van der Waals surface area contributed by atoms with E-state index in [1.165, 1.54) is 0 Å². The van der Waals surface area contributed by atoms with Crippen LogP contribution in [0.3, 0.4) is 0 Å². The van der Waals surface area contributed by atoms with E-state index in [2.05, 4.69) is 40.3 Å². The van der Waals surface area contributed by atoms with Crippen LogP contribution in [0.1, 0.15) is 74.9 Å². The van der Waals surface area contributed by atoms with Crippen LogP contribution >= 0.6 is 0 Å². The van der Waals surface area contributed by atoms with Gasteiger partial charge in [-0.05, 0) is 56.4 Å². The second kappa shape index (κ2) is 7.24. The zero-order valence-electron chi connectivity index (χ0n) is 17.0. The predicted molar refractivity (Wildman–Crippen MR) is 110 cm³/mol. The van der Waals surface area contributed by atoms with Gasteiger partial charge in [-0.3, -0.25) is 4.79 Å². The number of nitrogens with zero attached hydrogens (tertiary/aromatic N) is 6. The van der Waals surface area contributed by atoms with Gasteiger partial charge in [-0.1, -0.05) is 13.8 Å². The molecule has 0 amide bonds. The lowest BCUT2D eigenvalue weighted by atomic mass is 9.91. The van der Waals surface area contributed by atoms with E-state index in [0.717, 1.165) is 67.7 Å². The summed E-state index contributed by atoms with van der Waals surface area (Å²) in [5, 5.41) is 12.7. The second-order valence-electron chi connectivity index (χ2n) is 8.60. The summed E-state index contributed by atoms with van der Waals surface area (Å²) in [5.74, 6) is 1.89. The first-order valence-electron chi connectivity index (χ1n) is 10.7. The Bertz CT molecular complexity index is 1090. The SMILES string of the molecule is CC(C)c1cc(NC2CCC(n3nc4c(cc3=O)CCC4)CC2)n2ncnc2n1. The number of aryl methyl sites for hydroxylation is 2. The molecule has 152 valence electrons. The topological polar surface area (TPSA) is 90.0 Å². The summed E-state index contributed by atoms with van der Waals surface area (Å²) in [6, 6.07) is 4.42. The molecule has 0 aliphatic heterocycles. The smallest absolute Gasteiger partial charge is 0.267 e. The minimum absolute atomic E-state index is 0.0575. The van der Waals surface area contributed by atoms with E-state index in [9.17, 15) is 4.79 Å².